The van der Waals surface area contributed by atoms with E-state index in [1.165, 1.54) is 31.4 Å². The van der Waals surface area contributed by atoms with Crippen LogP contribution in [0, 0.1) is 12.3 Å². The van der Waals surface area contributed by atoms with E-state index in [1.54, 1.807) is 24.3 Å². The molecule has 0 unspecified atom stereocenters. The van der Waals surface area contributed by atoms with Gasteiger partial charge in [-0.2, -0.15) is 0 Å². The number of benzene rings is 2. The molecule has 0 aliphatic rings. The Balaban J connectivity index is 2.22. The number of rotatable bonds is 6. The Morgan fingerprint density at radius 1 is 1.21 bits per heavy atom. The van der Waals surface area contributed by atoms with Crippen molar-refractivity contribution in [1.29, 1.82) is 0 Å². The molecule has 24 heavy (non-hydrogen) atoms. The zero-order valence-corrected chi connectivity index (χ0v) is 13.8. The highest BCUT2D eigenvalue weighted by atomic mass is 32.2. The lowest BCUT2D eigenvalue weighted by Gasteiger charge is -2.10. The SMILES string of the molecule is C#CCNC(=O)c1cccc(S(=O)(=O)Nc2ccc(OC)cc2)c1. The Labute approximate surface area is 140 Å². The summed E-state index contributed by atoms with van der Waals surface area (Å²) < 4.78 is 32.3. The summed E-state index contributed by atoms with van der Waals surface area (Å²) >= 11 is 0. The van der Waals surface area contributed by atoms with Crippen molar-refractivity contribution in [2.75, 3.05) is 18.4 Å². The topological polar surface area (TPSA) is 84.5 Å². The summed E-state index contributed by atoms with van der Waals surface area (Å²) in [4.78, 5) is 11.9. The van der Waals surface area contributed by atoms with Gasteiger partial charge in [0.1, 0.15) is 5.75 Å². The summed E-state index contributed by atoms with van der Waals surface area (Å²) in [6, 6.07) is 12.1. The Morgan fingerprint density at radius 3 is 2.54 bits per heavy atom. The van der Waals surface area contributed by atoms with Gasteiger partial charge in [-0.05, 0) is 42.5 Å². The fourth-order valence-electron chi connectivity index (χ4n) is 1.91. The van der Waals surface area contributed by atoms with Gasteiger partial charge in [-0.3, -0.25) is 9.52 Å². The monoisotopic (exact) mass is 344 g/mol. The predicted octanol–water partition coefficient (Wildman–Crippen LogP) is 1.86. The molecule has 0 saturated carbocycles. The van der Waals surface area contributed by atoms with Crippen molar-refractivity contribution in [1.82, 2.24) is 5.32 Å². The molecule has 2 aromatic rings. The van der Waals surface area contributed by atoms with Crippen LogP contribution >= 0.6 is 0 Å². The van der Waals surface area contributed by atoms with Gasteiger partial charge in [-0.25, -0.2) is 8.42 Å². The van der Waals surface area contributed by atoms with Crippen LogP contribution in [0.5, 0.6) is 5.75 Å². The molecule has 124 valence electrons. The maximum absolute atomic E-state index is 12.4. The highest BCUT2D eigenvalue weighted by Gasteiger charge is 2.16. The lowest BCUT2D eigenvalue weighted by Crippen LogP contribution is -2.24. The number of nitrogens with one attached hydrogen (secondary N) is 2. The molecule has 6 nitrogen and oxygen atoms in total. The second-order valence-corrected chi connectivity index (χ2v) is 6.43. The van der Waals surface area contributed by atoms with Gasteiger partial charge in [-0.15, -0.1) is 6.42 Å². The highest BCUT2D eigenvalue weighted by molar-refractivity contribution is 7.92. The average Bonchev–Trinajstić information content (AvgIpc) is 2.60. The van der Waals surface area contributed by atoms with E-state index in [0.717, 1.165) is 0 Å². The lowest BCUT2D eigenvalue weighted by molar-refractivity contribution is 0.0958. The molecule has 0 bridgehead atoms. The Morgan fingerprint density at radius 2 is 1.92 bits per heavy atom. The molecule has 0 aromatic heterocycles. The van der Waals surface area contributed by atoms with Crippen molar-refractivity contribution in [3.63, 3.8) is 0 Å². The van der Waals surface area contributed by atoms with Crippen LogP contribution in [0.4, 0.5) is 5.69 Å². The van der Waals surface area contributed by atoms with E-state index in [9.17, 15) is 13.2 Å². The summed E-state index contributed by atoms with van der Waals surface area (Å²) in [5.41, 5.74) is 0.598. The van der Waals surface area contributed by atoms with Gasteiger partial charge in [-0.1, -0.05) is 12.0 Å². The van der Waals surface area contributed by atoms with Crippen molar-refractivity contribution < 1.29 is 17.9 Å². The van der Waals surface area contributed by atoms with E-state index < -0.39 is 15.9 Å². The zero-order chi connectivity index (χ0) is 17.6. The number of anilines is 1. The fraction of sp³-hybridized carbons (Fsp3) is 0.118. The Hall–Kier alpha value is -2.98. The number of hydrogen-bond donors (Lipinski definition) is 2. The van der Waals surface area contributed by atoms with Gasteiger partial charge in [0.2, 0.25) is 0 Å². The fourth-order valence-corrected chi connectivity index (χ4v) is 3.02. The summed E-state index contributed by atoms with van der Waals surface area (Å²) in [6.45, 7) is 0.0694. The maximum atomic E-state index is 12.4. The highest BCUT2D eigenvalue weighted by Crippen LogP contribution is 2.20. The van der Waals surface area contributed by atoms with Gasteiger partial charge in [0, 0.05) is 11.3 Å². The standard InChI is InChI=1S/C17H16N2O4S/c1-3-11-18-17(20)13-5-4-6-16(12-13)24(21,22)19-14-7-9-15(23-2)10-8-14/h1,4-10,12,19H,11H2,2H3,(H,18,20). The minimum Gasteiger partial charge on any atom is -0.497 e. The van der Waals surface area contributed by atoms with Crippen LogP contribution in [-0.4, -0.2) is 28.0 Å². The largest absolute Gasteiger partial charge is 0.497 e. The van der Waals surface area contributed by atoms with Crippen LogP contribution in [0.3, 0.4) is 0 Å². The lowest BCUT2D eigenvalue weighted by atomic mass is 10.2. The number of ether oxygens (including phenoxy) is 1. The van der Waals surface area contributed by atoms with Crippen LogP contribution in [0.25, 0.3) is 0 Å². The van der Waals surface area contributed by atoms with E-state index in [0.29, 0.717) is 11.4 Å². The molecule has 0 saturated heterocycles. The molecule has 2 rings (SSSR count). The Bertz CT molecular complexity index is 868. The minimum atomic E-state index is -3.82. The van der Waals surface area contributed by atoms with E-state index in [2.05, 4.69) is 16.0 Å². The van der Waals surface area contributed by atoms with Crippen LogP contribution < -0.4 is 14.8 Å². The second-order valence-electron chi connectivity index (χ2n) is 4.75. The first-order valence-electron chi connectivity index (χ1n) is 6.95. The molecule has 0 spiro atoms. The number of amides is 1. The molecule has 1 amide bonds. The van der Waals surface area contributed by atoms with E-state index in [1.807, 2.05) is 0 Å². The number of terminal acetylenes is 1. The van der Waals surface area contributed by atoms with Crippen molar-refractivity contribution in [3.8, 4) is 18.1 Å². The second kappa shape index (κ2) is 7.53. The average molecular weight is 344 g/mol. The molecule has 0 radical (unpaired) electrons. The first-order chi connectivity index (χ1) is 11.5. The van der Waals surface area contributed by atoms with E-state index in [-0.39, 0.29) is 17.0 Å². The summed E-state index contributed by atoms with van der Waals surface area (Å²) in [5, 5.41) is 2.49. The quantitative estimate of drug-likeness (QED) is 0.784. The summed E-state index contributed by atoms with van der Waals surface area (Å²) in [6.07, 6.45) is 5.08. The first kappa shape index (κ1) is 17.4. The smallest absolute Gasteiger partial charge is 0.261 e. The number of hydrogen-bond acceptors (Lipinski definition) is 4. The molecule has 0 atom stereocenters. The molecular formula is C17H16N2O4S. The Kier molecular flexibility index (Phi) is 5.45. The molecule has 2 N–H and O–H groups in total. The number of methoxy groups -OCH3 is 1. The van der Waals surface area contributed by atoms with Crippen LogP contribution in [0.1, 0.15) is 10.4 Å². The predicted molar refractivity (Wildman–Crippen MR) is 91.4 cm³/mol. The normalized spacial score (nSPS) is 10.5. The molecule has 0 heterocycles. The van der Waals surface area contributed by atoms with E-state index >= 15 is 0 Å². The van der Waals surface area contributed by atoms with Gasteiger partial charge < -0.3 is 10.1 Å². The van der Waals surface area contributed by atoms with Crippen molar-refractivity contribution in [3.05, 3.63) is 54.1 Å². The van der Waals surface area contributed by atoms with Crippen molar-refractivity contribution in [2.45, 2.75) is 4.90 Å². The minimum absolute atomic E-state index is 0.0216. The molecular weight excluding hydrogens is 328 g/mol. The molecule has 0 aliphatic carbocycles. The molecule has 2 aromatic carbocycles. The molecule has 7 heteroatoms. The third kappa shape index (κ3) is 4.27. The third-order valence-electron chi connectivity index (χ3n) is 3.10. The van der Waals surface area contributed by atoms with Crippen molar-refractivity contribution >= 4 is 21.6 Å². The number of carbonyl (C=O) groups excluding carboxylic acids is 1. The molecule has 0 fully saturated rings. The van der Waals surface area contributed by atoms with Gasteiger partial charge in [0.25, 0.3) is 15.9 Å². The van der Waals surface area contributed by atoms with Crippen molar-refractivity contribution in [2.24, 2.45) is 0 Å². The summed E-state index contributed by atoms with van der Waals surface area (Å²) in [7, 11) is -2.30. The number of carbonyl (C=O) groups is 1. The first-order valence-corrected chi connectivity index (χ1v) is 8.43. The van der Waals surface area contributed by atoms with Crippen LogP contribution in [0.2, 0.25) is 0 Å². The molecule has 0 aliphatic heterocycles. The van der Waals surface area contributed by atoms with Gasteiger partial charge in [0.05, 0.1) is 18.6 Å². The number of sulfonamides is 1. The summed E-state index contributed by atoms with van der Waals surface area (Å²) in [5.74, 6) is 2.46. The zero-order valence-electron chi connectivity index (χ0n) is 12.9. The third-order valence-corrected chi connectivity index (χ3v) is 4.48. The van der Waals surface area contributed by atoms with Crippen LogP contribution in [-0.2, 0) is 10.0 Å². The van der Waals surface area contributed by atoms with Gasteiger partial charge >= 0.3 is 0 Å². The van der Waals surface area contributed by atoms with E-state index in [4.69, 9.17) is 11.2 Å². The van der Waals surface area contributed by atoms with Crippen LogP contribution in [0.15, 0.2) is 53.4 Å². The maximum Gasteiger partial charge on any atom is 0.261 e. The van der Waals surface area contributed by atoms with Gasteiger partial charge in [0.15, 0.2) is 0 Å².